The van der Waals surface area contributed by atoms with Gasteiger partial charge >= 0.3 is 5.97 Å². The molecule has 0 aliphatic heterocycles. The van der Waals surface area contributed by atoms with E-state index in [2.05, 4.69) is 20.8 Å². The summed E-state index contributed by atoms with van der Waals surface area (Å²) in [5.41, 5.74) is 1.04. The molecule has 0 aromatic heterocycles. The first-order valence-corrected chi connectivity index (χ1v) is 10.1. The molecule has 3 heteroatoms. The van der Waals surface area contributed by atoms with E-state index in [0.717, 1.165) is 43.3 Å². The summed E-state index contributed by atoms with van der Waals surface area (Å²) < 4.78 is 0. The van der Waals surface area contributed by atoms with Crippen LogP contribution in [-0.2, 0) is 9.83 Å². The maximum absolute atomic E-state index is 12.2. The van der Waals surface area contributed by atoms with Gasteiger partial charge in [-0.2, -0.15) is 0 Å². The molecule has 0 aliphatic carbocycles. The molecule has 0 heterocycles. The van der Waals surface area contributed by atoms with E-state index in [1.54, 1.807) is 0 Å². The number of carboxylic acid groups (broad SMARTS) is 1. The third kappa shape index (κ3) is 3.51. The van der Waals surface area contributed by atoms with Gasteiger partial charge in [-0.05, 0) is 12.0 Å². The van der Waals surface area contributed by atoms with Crippen LogP contribution < -0.4 is 0 Å². The Hall–Kier alpha value is -1.09. The Morgan fingerprint density at radius 2 is 1.60 bits per heavy atom. The maximum atomic E-state index is 12.2. The van der Waals surface area contributed by atoms with Crippen molar-refractivity contribution < 1.29 is 9.90 Å². The zero-order chi connectivity index (χ0) is 15.0. The van der Waals surface area contributed by atoms with E-state index in [9.17, 15) is 9.90 Å². The molecule has 1 atom stereocenters. The Bertz CT molecular complexity index is 399. The van der Waals surface area contributed by atoms with Crippen molar-refractivity contribution in [3.05, 3.63) is 35.9 Å². The van der Waals surface area contributed by atoms with Crippen molar-refractivity contribution >= 4 is 14.8 Å². The molecule has 0 saturated heterocycles. The highest BCUT2D eigenvalue weighted by Gasteiger charge is 2.46. The summed E-state index contributed by atoms with van der Waals surface area (Å²) in [7, 11) is -1.39. The van der Waals surface area contributed by atoms with Crippen LogP contribution in [0.5, 0.6) is 0 Å². The minimum Gasteiger partial charge on any atom is -0.481 e. The second-order valence-electron chi connectivity index (χ2n) is 5.67. The normalized spacial score (nSPS) is 14.2. The first kappa shape index (κ1) is 17.0. The van der Waals surface area contributed by atoms with Gasteiger partial charge in [0, 0.05) is 0 Å². The van der Waals surface area contributed by atoms with E-state index < -0.39 is 19.8 Å². The van der Waals surface area contributed by atoms with Crippen LogP contribution in [0.25, 0.3) is 0 Å². The van der Waals surface area contributed by atoms with Gasteiger partial charge in [0.05, 0.1) is 13.8 Å². The lowest BCUT2D eigenvalue weighted by molar-refractivity contribution is -0.141. The summed E-state index contributed by atoms with van der Waals surface area (Å²) in [6, 6.07) is 12.2. The molecule has 2 nitrogen and oxygen atoms in total. The SMILES string of the molecule is CCC[SiH](CCC)C(CCC)(C(=O)O)c1ccccc1. The minimum atomic E-state index is -1.39. The van der Waals surface area contributed by atoms with E-state index in [1.165, 1.54) is 0 Å². The van der Waals surface area contributed by atoms with E-state index in [-0.39, 0.29) is 0 Å². The van der Waals surface area contributed by atoms with Crippen molar-refractivity contribution in [1.82, 2.24) is 0 Å². The van der Waals surface area contributed by atoms with Crippen molar-refractivity contribution in [1.29, 1.82) is 0 Å². The molecule has 0 radical (unpaired) electrons. The zero-order valence-electron chi connectivity index (χ0n) is 13.1. The summed E-state index contributed by atoms with van der Waals surface area (Å²) in [4.78, 5) is 12.2. The van der Waals surface area contributed by atoms with Gasteiger partial charge in [0.25, 0.3) is 0 Å². The molecule has 1 N–H and O–H groups in total. The summed E-state index contributed by atoms with van der Waals surface area (Å²) in [5.74, 6) is -0.593. The van der Waals surface area contributed by atoms with Crippen LogP contribution >= 0.6 is 0 Å². The third-order valence-corrected chi connectivity index (χ3v) is 9.10. The van der Waals surface area contributed by atoms with E-state index >= 15 is 0 Å². The molecule has 0 amide bonds. The molecule has 1 unspecified atom stereocenters. The number of hydrogen-bond donors (Lipinski definition) is 1. The predicted octanol–water partition coefficient (Wildman–Crippen LogP) is 4.40. The minimum absolute atomic E-state index is 0.581. The highest BCUT2D eigenvalue weighted by Crippen LogP contribution is 2.37. The fraction of sp³-hybridized carbons (Fsp3) is 0.588. The number of carboxylic acids is 1. The molecule has 0 aliphatic rings. The molecule has 0 spiro atoms. The smallest absolute Gasteiger partial charge is 0.310 e. The standard InChI is InChI=1S/C17H28O2Si/c1-4-12-17(16(18)19,15-10-8-7-9-11-15)20(13-5-2)14-6-3/h7-11,20H,4-6,12-14H2,1-3H3,(H,18,19). The van der Waals surface area contributed by atoms with E-state index in [4.69, 9.17) is 0 Å². The van der Waals surface area contributed by atoms with Gasteiger partial charge in [0.15, 0.2) is 0 Å². The molecule has 112 valence electrons. The molecule has 0 saturated carbocycles. The van der Waals surface area contributed by atoms with Crippen molar-refractivity contribution in [3.63, 3.8) is 0 Å². The molecule has 20 heavy (non-hydrogen) atoms. The van der Waals surface area contributed by atoms with Gasteiger partial charge in [-0.25, -0.2) is 0 Å². The average molecular weight is 292 g/mol. The summed E-state index contributed by atoms with van der Waals surface area (Å²) >= 11 is 0. The quantitative estimate of drug-likeness (QED) is 0.685. The second-order valence-corrected chi connectivity index (χ2v) is 9.20. The summed E-state index contributed by atoms with van der Waals surface area (Å²) in [5, 5.41) is 9.49. The van der Waals surface area contributed by atoms with Gasteiger partial charge in [-0.3, -0.25) is 4.79 Å². The van der Waals surface area contributed by atoms with E-state index in [1.807, 2.05) is 30.3 Å². The topological polar surface area (TPSA) is 37.3 Å². The fourth-order valence-corrected chi connectivity index (χ4v) is 7.83. The highest BCUT2D eigenvalue weighted by molar-refractivity contribution is 6.66. The zero-order valence-corrected chi connectivity index (χ0v) is 14.2. The van der Waals surface area contributed by atoms with Crippen molar-refractivity contribution in [2.75, 3.05) is 0 Å². The molecule has 0 bridgehead atoms. The summed E-state index contributed by atoms with van der Waals surface area (Å²) in [6.07, 6.45) is 3.91. The molecule has 1 aromatic carbocycles. The molecular formula is C17H28O2Si. The Morgan fingerprint density at radius 3 is 2.00 bits per heavy atom. The lowest BCUT2D eigenvalue weighted by atomic mass is 9.93. The van der Waals surface area contributed by atoms with Crippen LogP contribution in [0.1, 0.15) is 52.0 Å². The number of hydrogen-bond acceptors (Lipinski definition) is 1. The fourth-order valence-electron chi connectivity index (χ4n) is 3.45. The Labute approximate surface area is 124 Å². The number of benzene rings is 1. The number of rotatable bonds is 9. The predicted molar refractivity (Wildman–Crippen MR) is 88.0 cm³/mol. The van der Waals surface area contributed by atoms with Crippen LogP contribution in [0, 0.1) is 0 Å². The lowest BCUT2D eigenvalue weighted by Gasteiger charge is -2.37. The number of carbonyl (C=O) groups is 1. The van der Waals surface area contributed by atoms with Gasteiger partial charge in [-0.1, -0.05) is 82.5 Å². The summed E-state index contributed by atoms with van der Waals surface area (Å²) in [6.45, 7) is 6.46. The Kier molecular flexibility index (Phi) is 7.00. The molecule has 0 fully saturated rings. The van der Waals surface area contributed by atoms with Crippen molar-refractivity contribution in [2.45, 2.75) is 63.6 Å². The largest absolute Gasteiger partial charge is 0.481 e. The van der Waals surface area contributed by atoms with Gasteiger partial charge in [0.2, 0.25) is 0 Å². The average Bonchev–Trinajstić information content (AvgIpc) is 2.45. The van der Waals surface area contributed by atoms with Crippen LogP contribution in [0.2, 0.25) is 12.1 Å². The van der Waals surface area contributed by atoms with Gasteiger partial charge < -0.3 is 5.11 Å². The molecule has 1 aromatic rings. The van der Waals surface area contributed by atoms with Crippen LogP contribution in [0.4, 0.5) is 0 Å². The monoisotopic (exact) mass is 292 g/mol. The van der Waals surface area contributed by atoms with Crippen molar-refractivity contribution in [3.8, 4) is 0 Å². The third-order valence-electron chi connectivity index (χ3n) is 4.29. The number of aliphatic carboxylic acids is 1. The highest BCUT2D eigenvalue weighted by atomic mass is 28.3. The Balaban J connectivity index is 3.32. The first-order valence-electron chi connectivity index (χ1n) is 7.92. The van der Waals surface area contributed by atoms with Crippen molar-refractivity contribution in [2.24, 2.45) is 0 Å². The second kappa shape index (κ2) is 8.25. The first-order chi connectivity index (χ1) is 9.63. The van der Waals surface area contributed by atoms with Gasteiger partial charge in [-0.15, -0.1) is 0 Å². The van der Waals surface area contributed by atoms with Crippen LogP contribution in [0.3, 0.4) is 0 Å². The maximum Gasteiger partial charge on any atom is 0.310 e. The Morgan fingerprint density at radius 1 is 1.05 bits per heavy atom. The molecule has 1 rings (SSSR count). The van der Waals surface area contributed by atoms with Gasteiger partial charge in [0.1, 0.15) is 0 Å². The van der Waals surface area contributed by atoms with Crippen LogP contribution in [-0.4, -0.2) is 19.9 Å². The van der Waals surface area contributed by atoms with Crippen LogP contribution in [0.15, 0.2) is 30.3 Å². The molecular weight excluding hydrogens is 264 g/mol. The lowest BCUT2D eigenvalue weighted by Crippen LogP contribution is -2.49. The van der Waals surface area contributed by atoms with E-state index in [0.29, 0.717) is 0 Å².